The maximum atomic E-state index is 14.1. The van der Waals surface area contributed by atoms with Gasteiger partial charge in [0.2, 0.25) is 0 Å². The van der Waals surface area contributed by atoms with E-state index in [2.05, 4.69) is 0 Å². The van der Waals surface area contributed by atoms with Gasteiger partial charge in [0.05, 0.1) is 23.8 Å². The Balaban J connectivity index is 2.34. The third-order valence-corrected chi connectivity index (χ3v) is 11.1. The molecular formula is C17H28F3N2O2PS2. The van der Waals surface area contributed by atoms with Gasteiger partial charge >= 0.3 is 6.18 Å². The second kappa shape index (κ2) is 8.97. The number of rotatable bonds is 8. The topological polar surface area (TPSA) is 45.5 Å². The van der Waals surface area contributed by atoms with E-state index in [0.717, 1.165) is 10.8 Å². The van der Waals surface area contributed by atoms with Crippen molar-refractivity contribution in [2.75, 3.05) is 6.61 Å². The lowest BCUT2D eigenvalue weighted by Crippen LogP contribution is -2.58. The van der Waals surface area contributed by atoms with E-state index in [1.807, 2.05) is 45.4 Å². The van der Waals surface area contributed by atoms with Gasteiger partial charge in [0.15, 0.2) is 0 Å². The van der Waals surface area contributed by atoms with Gasteiger partial charge in [-0.15, -0.1) is 0 Å². The molecule has 2 aliphatic rings. The lowest BCUT2D eigenvalue weighted by Gasteiger charge is -2.46. The summed E-state index contributed by atoms with van der Waals surface area (Å²) >= 11 is 0. The first-order chi connectivity index (χ1) is 12.5. The van der Waals surface area contributed by atoms with Crippen LogP contribution in [-0.4, -0.2) is 45.1 Å². The van der Waals surface area contributed by atoms with Crippen LogP contribution in [0.4, 0.5) is 13.2 Å². The summed E-state index contributed by atoms with van der Waals surface area (Å²) in [5.74, 6) is 0. The summed E-state index contributed by atoms with van der Waals surface area (Å²) in [6, 6.07) is 2.12. The highest BCUT2D eigenvalue weighted by Gasteiger charge is 2.72. The summed E-state index contributed by atoms with van der Waals surface area (Å²) in [5.41, 5.74) is 0. The third-order valence-electron chi connectivity index (χ3n) is 4.92. The number of halogens is 3. The predicted octanol–water partition coefficient (Wildman–Crippen LogP) is 6.29. The summed E-state index contributed by atoms with van der Waals surface area (Å²) in [6.45, 7) is 9.94. The Labute approximate surface area is 169 Å². The van der Waals surface area contributed by atoms with Crippen molar-refractivity contribution in [2.24, 2.45) is 0 Å². The number of hydrogen-bond acceptors (Lipinski definition) is 6. The number of alkyl halides is 3. The molecule has 2 rings (SSSR count). The SMILES string of the molecule is CC(C)N(C(C)C)P(OCCC#N)OC1C2(C)CCCC1(C(F)(F)F)SS2. The van der Waals surface area contributed by atoms with Crippen molar-refractivity contribution in [2.45, 2.75) is 94.2 Å². The summed E-state index contributed by atoms with van der Waals surface area (Å²) in [7, 11) is 0.521. The van der Waals surface area contributed by atoms with Crippen LogP contribution < -0.4 is 0 Å². The molecule has 1 saturated carbocycles. The van der Waals surface area contributed by atoms with Gasteiger partial charge in [-0.3, -0.25) is 0 Å². The quantitative estimate of drug-likeness (QED) is 0.249. The van der Waals surface area contributed by atoms with E-state index < -0.39 is 30.3 Å². The minimum atomic E-state index is -4.35. The maximum Gasteiger partial charge on any atom is 0.406 e. The van der Waals surface area contributed by atoms with E-state index in [1.54, 1.807) is 0 Å². The van der Waals surface area contributed by atoms with Gasteiger partial charge < -0.3 is 9.05 Å². The molecular weight excluding hydrogens is 416 g/mol. The third kappa shape index (κ3) is 4.73. The van der Waals surface area contributed by atoms with Crippen LogP contribution in [0.3, 0.4) is 0 Å². The Bertz CT molecular complexity index is 553. The fourth-order valence-electron chi connectivity index (χ4n) is 3.72. The molecule has 1 aliphatic heterocycles. The van der Waals surface area contributed by atoms with Gasteiger partial charge in [0, 0.05) is 12.1 Å². The molecule has 2 fully saturated rings. The Morgan fingerprint density at radius 2 is 1.85 bits per heavy atom. The van der Waals surface area contributed by atoms with E-state index in [1.165, 1.54) is 10.8 Å². The molecule has 4 atom stereocenters. The van der Waals surface area contributed by atoms with Crippen molar-refractivity contribution in [3.05, 3.63) is 0 Å². The molecule has 4 unspecified atom stereocenters. The minimum Gasteiger partial charge on any atom is -0.321 e. The van der Waals surface area contributed by atoms with Crippen LogP contribution in [0.25, 0.3) is 0 Å². The summed E-state index contributed by atoms with van der Waals surface area (Å²) < 4.78 is 53.9. The number of hydrogen-bond donors (Lipinski definition) is 0. The fraction of sp³-hybridized carbons (Fsp3) is 0.941. The Morgan fingerprint density at radius 1 is 1.22 bits per heavy atom. The Kier molecular flexibility index (Phi) is 7.83. The standard InChI is InChI=1S/C17H28F3N2O2PS2/c1-12(2)22(13(3)4)25(23-11-7-10-21)24-14-15(5)8-6-9-16(14,27-26-15)17(18,19)20/h12-14H,6-9,11H2,1-5H3. The second-order valence-electron chi connectivity index (χ2n) is 7.75. The smallest absolute Gasteiger partial charge is 0.321 e. The molecule has 156 valence electrons. The highest BCUT2D eigenvalue weighted by atomic mass is 33.1. The van der Waals surface area contributed by atoms with Crippen molar-refractivity contribution >= 4 is 30.1 Å². The molecule has 1 saturated heterocycles. The van der Waals surface area contributed by atoms with Crippen LogP contribution in [0.5, 0.6) is 0 Å². The molecule has 0 aromatic rings. The van der Waals surface area contributed by atoms with E-state index in [-0.39, 0.29) is 31.5 Å². The Morgan fingerprint density at radius 3 is 2.37 bits per heavy atom. The van der Waals surface area contributed by atoms with Crippen LogP contribution in [0.1, 0.15) is 60.3 Å². The molecule has 27 heavy (non-hydrogen) atoms. The molecule has 1 heterocycles. The molecule has 0 amide bonds. The first-order valence-electron chi connectivity index (χ1n) is 9.17. The molecule has 1 aliphatic carbocycles. The van der Waals surface area contributed by atoms with Crippen molar-refractivity contribution in [3.63, 3.8) is 0 Å². The first kappa shape index (κ1) is 23.6. The number of fused-ring (bicyclic) bond motifs is 2. The van der Waals surface area contributed by atoms with Gasteiger partial charge in [0.25, 0.3) is 8.53 Å². The molecule has 0 N–H and O–H groups in total. The van der Waals surface area contributed by atoms with Gasteiger partial charge in [-0.05, 0) is 47.5 Å². The van der Waals surface area contributed by atoms with Gasteiger partial charge in [0.1, 0.15) is 10.9 Å². The van der Waals surface area contributed by atoms with E-state index in [4.69, 9.17) is 14.3 Å². The lowest BCUT2D eigenvalue weighted by atomic mass is 9.78. The van der Waals surface area contributed by atoms with E-state index in [0.29, 0.717) is 12.8 Å². The largest absolute Gasteiger partial charge is 0.406 e. The van der Waals surface area contributed by atoms with E-state index >= 15 is 0 Å². The minimum absolute atomic E-state index is 0.0504. The summed E-state index contributed by atoms with van der Waals surface area (Å²) in [4.78, 5) is 0. The van der Waals surface area contributed by atoms with Crippen LogP contribution in [0.15, 0.2) is 0 Å². The molecule has 0 aromatic carbocycles. The van der Waals surface area contributed by atoms with Crippen LogP contribution in [-0.2, 0) is 9.05 Å². The number of nitriles is 1. The molecule has 0 radical (unpaired) electrons. The molecule has 2 bridgehead atoms. The molecule has 0 aromatic heterocycles. The zero-order valence-corrected chi connectivity index (χ0v) is 18.9. The Hall–Kier alpha value is 0.290. The van der Waals surface area contributed by atoms with Gasteiger partial charge in [-0.1, -0.05) is 28.0 Å². The highest BCUT2D eigenvalue weighted by Crippen LogP contribution is 2.71. The monoisotopic (exact) mass is 444 g/mol. The van der Waals surface area contributed by atoms with Crippen molar-refractivity contribution in [3.8, 4) is 6.07 Å². The van der Waals surface area contributed by atoms with Crippen molar-refractivity contribution in [1.82, 2.24) is 4.67 Å². The summed E-state index contributed by atoms with van der Waals surface area (Å²) in [6.07, 6.45) is -3.83. The van der Waals surface area contributed by atoms with Crippen LogP contribution in [0.2, 0.25) is 0 Å². The molecule has 10 heteroatoms. The zero-order chi connectivity index (χ0) is 20.5. The lowest BCUT2D eigenvalue weighted by molar-refractivity contribution is -0.188. The fourth-order valence-corrected chi connectivity index (χ4v) is 9.78. The first-order valence-corrected chi connectivity index (χ1v) is 12.4. The average molecular weight is 445 g/mol. The predicted molar refractivity (Wildman–Crippen MR) is 106 cm³/mol. The van der Waals surface area contributed by atoms with Gasteiger partial charge in [-0.2, -0.15) is 18.4 Å². The van der Waals surface area contributed by atoms with Gasteiger partial charge in [-0.25, -0.2) is 4.67 Å². The van der Waals surface area contributed by atoms with Crippen molar-refractivity contribution < 1.29 is 22.2 Å². The molecule has 0 spiro atoms. The van der Waals surface area contributed by atoms with Crippen LogP contribution >= 0.6 is 30.1 Å². The average Bonchev–Trinajstić information content (AvgIpc) is 2.70. The number of nitrogens with zero attached hydrogens (tertiary/aromatic N) is 2. The van der Waals surface area contributed by atoms with E-state index in [9.17, 15) is 13.2 Å². The normalized spacial score (nSPS) is 32.3. The summed E-state index contributed by atoms with van der Waals surface area (Å²) in [5, 5.41) is 8.81. The van der Waals surface area contributed by atoms with Crippen LogP contribution in [0, 0.1) is 11.3 Å². The van der Waals surface area contributed by atoms with Crippen molar-refractivity contribution in [1.29, 1.82) is 5.26 Å². The molecule has 4 nitrogen and oxygen atoms in total. The zero-order valence-electron chi connectivity index (χ0n) is 16.4. The second-order valence-corrected chi connectivity index (χ2v) is 12.2. The maximum absolute atomic E-state index is 14.1. The highest BCUT2D eigenvalue weighted by molar-refractivity contribution is 8.78.